The van der Waals surface area contributed by atoms with Gasteiger partial charge in [0, 0.05) is 17.3 Å². The molecule has 0 aliphatic rings. The summed E-state index contributed by atoms with van der Waals surface area (Å²) in [6.45, 7) is 1.89. The van der Waals surface area contributed by atoms with E-state index in [2.05, 4.69) is 20.2 Å². The van der Waals surface area contributed by atoms with Gasteiger partial charge in [-0.1, -0.05) is 47.7 Å². The van der Waals surface area contributed by atoms with Crippen molar-refractivity contribution in [1.29, 1.82) is 0 Å². The normalized spacial score (nSPS) is 11.4. The third-order valence-electron chi connectivity index (χ3n) is 4.64. The number of aryl methyl sites for hydroxylation is 1. The van der Waals surface area contributed by atoms with Gasteiger partial charge in [-0.2, -0.15) is 0 Å². The maximum absolute atomic E-state index is 12.8. The molecule has 0 saturated heterocycles. The van der Waals surface area contributed by atoms with Crippen molar-refractivity contribution in [3.05, 3.63) is 95.5 Å². The zero-order chi connectivity index (χ0) is 23.3. The number of nitrogens with one attached hydrogen (secondary N) is 2. The summed E-state index contributed by atoms with van der Waals surface area (Å²) in [4.78, 5) is 12.6. The maximum Gasteiger partial charge on any atom is 0.261 e. The molecule has 0 bridgehead atoms. The van der Waals surface area contributed by atoms with Crippen LogP contribution in [0.15, 0.2) is 89.3 Å². The van der Waals surface area contributed by atoms with Crippen LogP contribution >= 0.6 is 11.3 Å². The molecule has 3 aromatic carbocycles. The first kappa shape index (κ1) is 22.4. The van der Waals surface area contributed by atoms with Crippen molar-refractivity contribution in [2.45, 2.75) is 11.8 Å². The first-order valence-electron chi connectivity index (χ1n) is 9.95. The van der Waals surface area contributed by atoms with Crippen molar-refractivity contribution in [2.75, 3.05) is 10.0 Å². The molecule has 33 heavy (non-hydrogen) atoms. The molecule has 1 heterocycles. The van der Waals surface area contributed by atoms with E-state index in [1.165, 1.54) is 29.5 Å². The summed E-state index contributed by atoms with van der Waals surface area (Å²) in [5, 5.41) is 11.4. The van der Waals surface area contributed by atoms with E-state index in [4.69, 9.17) is 0 Å². The minimum absolute atomic E-state index is 0.105. The smallest absolute Gasteiger partial charge is 0.261 e. The van der Waals surface area contributed by atoms with E-state index in [0.29, 0.717) is 21.9 Å². The molecule has 4 rings (SSSR count). The molecule has 1 amide bonds. The molecule has 4 aromatic rings. The summed E-state index contributed by atoms with van der Waals surface area (Å²) in [7, 11) is -3.77. The second-order valence-corrected chi connectivity index (χ2v) is 9.68. The van der Waals surface area contributed by atoms with Crippen LogP contribution in [-0.4, -0.2) is 24.5 Å². The van der Waals surface area contributed by atoms with Crippen LogP contribution in [0.2, 0.25) is 0 Å². The molecule has 0 fully saturated rings. The molecule has 0 aliphatic heterocycles. The summed E-state index contributed by atoms with van der Waals surface area (Å²) < 4.78 is 28.1. The first-order valence-corrected chi connectivity index (χ1v) is 12.3. The van der Waals surface area contributed by atoms with Crippen LogP contribution in [-0.2, 0) is 14.8 Å². The van der Waals surface area contributed by atoms with Crippen LogP contribution in [0.4, 0.5) is 11.4 Å². The lowest BCUT2D eigenvalue weighted by Gasteiger charge is -2.09. The molecule has 166 valence electrons. The van der Waals surface area contributed by atoms with Crippen LogP contribution in [0.3, 0.4) is 0 Å². The molecular formula is C24H20N4O3S2. The summed E-state index contributed by atoms with van der Waals surface area (Å²) in [5.74, 6) is -0.349. The van der Waals surface area contributed by atoms with Crippen molar-refractivity contribution >= 4 is 44.7 Å². The van der Waals surface area contributed by atoms with Crippen LogP contribution in [0.5, 0.6) is 0 Å². The predicted molar refractivity (Wildman–Crippen MR) is 131 cm³/mol. The van der Waals surface area contributed by atoms with E-state index in [1.807, 2.05) is 31.2 Å². The lowest BCUT2D eigenvalue weighted by molar-refractivity contribution is -0.111. The van der Waals surface area contributed by atoms with Gasteiger partial charge in [-0.25, -0.2) is 8.42 Å². The van der Waals surface area contributed by atoms with Crippen molar-refractivity contribution in [3.8, 4) is 10.6 Å². The Balaban J connectivity index is 1.49. The highest BCUT2D eigenvalue weighted by atomic mass is 32.2. The summed E-state index contributed by atoms with van der Waals surface area (Å²) in [6, 6.07) is 20.8. The van der Waals surface area contributed by atoms with Gasteiger partial charge in [0.05, 0.1) is 10.6 Å². The van der Waals surface area contributed by atoms with Crippen molar-refractivity contribution in [3.63, 3.8) is 0 Å². The number of nitrogens with zero attached hydrogens (tertiary/aromatic N) is 2. The molecule has 0 radical (unpaired) electrons. The number of carbonyl (C=O) groups is 1. The first-order chi connectivity index (χ1) is 15.9. The van der Waals surface area contributed by atoms with Gasteiger partial charge in [0.15, 0.2) is 0 Å². The highest BCUT2D eigenvalue weighted by Gasteiger charge is 2.14. The van der Waals surface area contributed by atoms with Gasteiger partial charge in [0.2, 0.25) is 5.91 Å². The van der Waals surface area contributed by atoms with E-state index < -0.39 is 10.0 Å². The summed E-state index contributed by atoms with van der Waals surface area (Å²) in [5.41, 5.74) is 5.03. The van der Waals surface area contributed by atoms with Gasteiger partial charge in [-0.3, -0.25) is 9.52 Å². The van der Waals surface area contributed by atoms with E-state index in [0.717, 1.165) is 11.1 Å². The van der Waals surface area contributed by atoms with Gasteiger partial charge in [0.25, 0.3) is 10.0 Å². The molecule has 7 nitrogen and oxygen atoms in total. The fraction of sp³-hybridized carbons (Fsp3) is 0.0417. The Kier molecular flexibility index (Phi) is 6.62. The van der Waals surface area contributed by atoms with Crippen LogP contribution < -0.4 is 10.0 Å². The number of carbonyl (C=O) groups excluding carboxylic acids is 1. The van der Waals surface area contributed by atoms with Gasteiger partial charge >= 0.3 is 0 Å². The lowest BCUT2D eigenvalue weighted by atomic mass is 10.2. The second kappa shape index (κ2) is 9.76. The molecule has 0 saturated carbocycles. The number of rotatable bonds is 7. The molecule has 9 heteroatoms. The van der Waals surface area contributed by atoms with Crippen molar-refractivity contribution < 1.29 is 13.2 Å². The van der Waals surface area contributed by atoms with E-state index >= 15 is 0 Å². The van der Waals surface area contributed by atoms with Crippen LogP contribution in [0, 0.1) is 6.92 Å². The number of aromatic nitrogens is 2. The third-order valence-corrected chi connectivity index (χ3v) is 6.74. The molecule has 2 N–H and O–H groups in total. The number of para-hydroxylation sites is 1. The lowest BCUT2D eigenvalue weighted by Crippen LogP contribution is -2.13. The molecule has 0 aliphatic carbocycles. The minimum Gasteiger partial charge on any atom is -0.322 e. The molecule has 0 atom stereocenters. The van der Waals surface area contributed by atoms with Crippen molar-refractivity contribution in [1.82, 2.24) is 10.2 Å². The van der Waals surface area contributed by atoms with Gasteiger partial charge < -0.3 is 5.32 Å². The average Bonchev–Trinajstić information content (AvgIpc) is 3.33. The second-order valence-electron chi connectivity index (χ2n) is 7.16. The highest BCUT2D eigenvalue weighted by Crippen LogP contribution is 2.28. The SMILES string of the molecule is Cc1cccc(NS(=O)(=O)c2cccc(/C=C/C(=O)Nc3ccccc3-c3nncs3)c2)c1. The van der Waals surface area contributed by atoms with Gasteiger partial charge in [0.1, 0.15) is 10.5 Å². The number of hydrogen-bond donors (Lipinski definition) is 2. The van der Waals surface area contributed by atoms with Crippen LogP contribution in [0.1, 0.15) is 11.1 Å². The number of hydrogen-bond acceptors (Lipinski definition) is 6. The number of sulfonamides is 1. The average molecular weight is 477 g/mol. The van der Waals surface area contributed by atoms with E-state index in [9.17, 15) is 13.2 Å². The molecule has 0 spiro atoms. The minimum atomic E-state index is -3.77. The Bertz CT molecular complexity index is 1420. The largest absolute Gasteiger partial charge is 0.322 e. The van der Waals surface area contributed by atoms with Crippen LogP contribution in [0.25, 0.3) is 16.6 Å². The third kappa shape index (κ3) is 5.71. The fourth-order valence-electron chi connectivity index (χ4n) is 3.12. The van der Waals surface area contributed by atoms with Crippen molar-refractivity contribution in [2.24, 2.45) is 0 Å². The zero-order valence-corrected chi connectivity index (χ0v) is 19.2. The fourth-order valence-corrected chi connectivity index (χ4v) is 4.82. The molecule has 0 unspecified atom stereocenters. The Morgan fingerprint density at radius 2 is 1.82 bits per heavy atom. The Labute approximate surface area is 195 Å². The molecular weight excluding hydrogens is 456 g/mol. The van der Waals surface area contributed by atoms with Gasteiger partial charge in [-0.05, 0) is 60.5 Å². The van der Waals surface area contributed by atoms with E-state index in [-0.39, 0.29) is 10.8 Å². The number of benzene rings is 3. The standard InChI is InChI=1S/C24H20N4O3S2/c1-17-6-4-8-19(14-17)28-33(30,31)20-9-5-7-18(15-20)12-13-23(29)26-22-11-3-2-10-21(22)24-27-25-16-32-24/h2-16,28H,1H3,(H,26,29)/b13-12+. The highest BCUT2D eigenvalue weighted by molar-refractivity contribution is 7.92. The Morgan fingerprint density at radius 1 is 1.00 bits per heavy atom. The number of anilines is 2. The summed E-state index contributed by atoms with van der Waals surface area (Å²) in [6.07, 6.45) is 2.92. The summed E-state index contributed by atoms with van der Waals surface area (Å²) >= 11 is 1.38. The van der Waals surface area contributed by atoms with E-state index in [1.54, 1.807) is 48.0 Å². The molecule has 1 aromatic heterocycles. The topological polar surface area (TPSA) is 101 Å². The Hall–Kier alpha value is -3.82. The predicted octanol–water partition coefficient (Wildman–Crippen LogP) is 4.97. The number of amides is 1. The quantitative estimate of drug-likeness (QED) is 0.367. The Morgan fingerprint density at radius 3 is 2.61 bits per heavy atom. The monoisotopic (exact) mass is 476 g/mol. The zero-order valence-electron chi connectivity index (χ0n) is 17.6. The maximum atomic E-state index is 12.8. The van der Waals surface area contributed by atoms with Gasteiger partial charge in [-0.15, -0.1) is 10.2 Å².